The van der Waals surface area contributed by atoms with Crippen molar-refractivity contribution in [2.45, 2.75) is 60.8 Å². The molecule has 0 amide bonds. The molecule has 10 heteroatoms. The van der Waals surface area contributed by atoms with Crippen molar-refractivity contribution in [2.75, 3.05) is 0 Å². The first kappa shape index (κ1) is 47.7. The van der Waals surface area contributed by atoms with Crippen molar-refractivity contribution in [3.63, 3.8) is 0 Å². The summed E-state index contributed by atoms with van der Waals surface area (Å²) in [6.07, 6.45) is 7.02. The van der Waals surface area contributed by atoms with Gasteiger partial charge < -0.3 is 29.2 Å². The van der Waals surface area contributed by atoms with Crippen molar-refractivity contribution in [3.8, 4) is 17.2 Å². The van der Waals surface area contributed by atoms with Crippen LogP contribution in [0, 0.1) is 36.0 Å². The number of nitrogens with zero attached hydrogens (tertiary/aromatic N) is 3. The minimum absolute atomic E-state index is 0. The summed E-state index contributed by atoms with van der Waals surface area (Å²) in [5, 5.41) is 7.95. The third-order valence-electron chi connectivity index (χ3n) is 12.3. The van der Waals surface area contributed by atoms with E-state index < -0.39 is 17.9 Å². The first-order valence-corrected chi connectivity index (χ1v) is 23.3. The minimum atomic E-state index is -0.784. The Kier molecular flexibility index (Phi) is 13.6. The summed E-state index contributed by atoms with van der Waals surface area (Å²) in [6, 6.07) is 42.8. The molecule has 0 unspecified atom stereocenters. The summed E-state index contributed by atoms with van der Waals surface area (Å²) in [5.74, 6) is -0.795. The molecule has 348 valence electrons. The molecular formula is C60H48IrN3O6. The van der Waals surface area contributed by atoms with Crippen molar-refractivity contribution < 1.29 is 48.7 Å². The van der Waals surface area contributed by atoms with Gasteiger partial charge in [0.15, 0.2) is 0 Å². The molecule has 0 saturated heterocycles. The Morgan fingerprint density at radius 3 is 1.00 bits per heavy atom. The molecule has 10 aromatic rings. The Hall–Kier alpha value is -7.39. The molecule has 0 atom stereocenters. The van der Waals surface area contributed by atoms with E-state index >= 15 is 0 Å². The van der Waals surface area contributed by atoms with E-state index in [1.807, 2.05) is 72.8 Å². The third-order valence-corrected chi connectivity index (χ3v) is 12.3. The quantitative estimate of drug-likeness (QED) is 0.0510. The maximum atomic E-state index is 14.6. The van der Waals surface area contributed by atoms with Crippen LogP contribution in [-0.2, 0) is 39.4 Å². The van der Waals surface area contributed by atoms with E-state index in [-0.39, 0.29) is 54.5 Å². The molecule has 3 aromatic heterocycles. The molecule has 0 aliphatic rings. The number of carbonyl (C=O) groups excluding carboxylic acids is 3. The van der Waals surface area contributed by atoms with Gasteiger partial charge in [0, 0.05) is 18.6 Å². The van der Waals surface area contributed by atoms with Gasteiger partial charge in [-0.2, -0.15) is 0 Å². The van der Waals surface area contributed by atoms with E-state index in [1.165, 1.54) is 18.2 Å². The Labute approximate surface area is 419 Å². The average molecular weight is 1100 g/mol. The Morgan fingerprint density at radius 2 is 0.729 bits per heavy atom. The molecular weight excluding hydrogens is 1050 g/mol. The average Bonchev–Trinajstić information content (AvgIpc) is 3.35. The SMILES string of the molecule is CC(C)Cc1c(OC(=O)c2cc(C(=O)Oc3c[c-]c4c(ccc5cccnc54)c3CC(C)C)cc(C(=O)Oc3c[c-]c4c(ccc5cccnc54)c3CC(C)C)c2)c[c-]c2c1ccc1cccnc12.[Ir+3]. The molecule has 0 aliphatic heterocycles. The molecule has 9 nitrogen and oxygen atoms in total. The molecule has 10 rings (SSSR count). The van der Waals surface area contributed by atoms with Crippen molar-refractivity contribution in [2.24, 2.45) is 17.8 Å². The Balaban J connectivity index is 0.00000608. The predicted octanol–water partition coefficient (Wildman–Crippen LogP) is 13.4. The number of rotatable bonds is 12. The van der Waals surface area contributed by atoms with Crippen LogP contribution in [0.5, 0.6) is 17.2 Å². The number of hydrogen-bond acceptors (Lipinski definition) is 9. The van der Waals surface area contributed by atoms with Crippen LogP contribution in [0.2, 0.25) is 0 Å². The second-order valence-electron chi connectivity index (χ2n) is 18.8. The van der Waals surface area contributed by atoms with Gasteiger partial charge in [0.25, 0.3) is 0 Å². The van der Waals surface area contributed by atoms with E-state index in [0.717, 1.165) is 81.7 Å². The second kappa shape index (κ2) is 19.9. The summed E-state index contributed by atoms with van der Waals surface area (Å²) in [6.45, 7) is 12.6. The van der Waals surface area contributed by atoms with E-state index in [9.17, 15) is 14.4 Å². The number of hydrogen-bond donors (Lipinski definition) is 0. The van der Waals surface area contributed by atoms with Gasteiger partial charge in [-0.3, -0.25) is 0 Å². The van der Waals surface area contributed by atoms with Crippen LogP contribution in [0.3, 0.4) is 0 Å². The van der Waals surface area contributed by atoms with E-state index in [2.05, 4.69) is 74.7 Å². The van der Waals surface area contributed by atoms with Crippen LogP contribution in [0.25, 0.3) is 65.0 Å². The Bertz CT molecular complexity index is 3300. The van der Waals surface area contributed by atoms with Gasteiger partial charge in [-0.05, 0) is 106 Å². The van der Waals surface area contributed by atoms with Crippen molar-refractivity contribution in [3.05, 3.63) is 179 Å². The van der Waals surface area contributed by atoms with Crippen LogP contribution in [0.15, 0.2) is 128 Å². The standard InChI is InChI=1S/C60H48N3O6.Ir/c1-34(2)28-49-43-16-13-37-10-7-25-61-55(37)46(43)19-22-52(49)67-58(64)40-31-41(59(65)68-53-23-20-47-44(50(53)29-35(3)4)17-14-38-11-8-26-62-56(38)47)33-42(32-40)60(66)69-54-24-21-48-45(51(54)30-36(5)6)18-15-39-12-9-27-63-57(39)48;/h7-18,22-27,31-36H,28-30H2,1-6H3;/q-3;+3. The van der Waals surface area contributed by atoms with Gasteiger partial charge in [0.2, 0.25) is 0 Å². The normalized spacial score (nSPS) is 11.6. The zero-order chi connectivity index (χ0) is 47.9. The molecule has 3 heterocycles. The van der Waals surface area contributed by atoms with Gasteiger partial charge in [0.1, 0.15) is 0 Å². The van der Waals surface area contributed by atoms with Crippen LogP contribution >= 0.6 is 0 Å². The molecule has 7 aromatic carbocycles. The van der Waals surface area contributed by atoms with Crippen LogP contribution < -0.4 is 14.2 Å². The second-order valence-corrected chi connectivity index (χ2v) is 18.8. The largest absolute Gasteiger partial charge is 3.00 e. The number of esters is 3. The smallest absolute Gasteiger partial charge is 0.471 e. The van der Waals surface area contributed by atoms with Crippen LogP contribution in [-0.4, -0.2) is 32.9 Å². The van der Waals surface area contributed by atoms with Crippen LogP contribution in [0.4, 0.5) is 0 Å². The van der Waals surface area contributed by atoms with Gasteiger partial charge in [0.05, 0.1) is 33.9 Å². The molecule has 0 fully saturated rings. The van der Waals surface area contributed by atoms with Gasteiger partial charge in [-0.25, -0.2) is 14.4 Å². The number of fused-ring (bicyclic) bond motifs is 9. The zero-order valence-electron chi connectivity index (χ0n) is 39.6. The zero-order valence-corrected chi connectivity index (χ0v) is 42.0. The maximum absolute atomic E-state index is 14.6. The fourth-order valence-electron chi connectivity index (χ4n) is 9.29. The molecule has 0 bridgehead atoms. The topological polar surface area (TPSA) is 118 Å². The maximum Gasteiger partial charge on any atom is 3.00 e. The minimum Gasteiger partial charge on any atom is -0.471 e. The molecule has 0 N–H and O–H groups in total. The predicted molar refractivity (Wildman–Crippen MR) is 271 cm³/mol. The summed E-state index contributed by atoms with van der Waals surface area (Å²) in [4.78, 5) is 57.6. The number of benzene rings is 7. The van der Waals surface area contributed by atoms with Gasteiger partial charge in [-0.15, -0.1) is 52.6 Å². The Morgan fingerprint density at radius 1 is 0.443 bits per heavy atom. The van der Waals surface area contributed by atoms with Crippen LogP contribution in [0.1, 0.15) is 89.3 Å². The van der Waals surface area contributed by atoms with Gasteiger partial charge in [-0.1, -0.05) is 129 Å². The van der Waals surface area contributed by atoms with Gasteiger partial charge >= 0.3 is 38.0 Å². The molecule has 0 radical (unpaired) electrons. The van der Waals surface area contributed by atoms with E-state index in [0.29, 0.717) is 36.5 Å². The molecule has 70 heavy (non-hydrogen) atoms. The molecule has 0 aliphatic carbocycles. The number of aromatic nitrogens is 3. The summed E-state index contributed by atoms with van der Waals surface area (Å²) in [5.41, 5.74) is 4.67. The number of pyridine rings is 3. The first-order valence-electron chi connectivity index (χ1n) is 23.3. The van der Waals surface area contributed by atoms with Crippen molar-refractivity contribution in [1.29, 1.82) is 0 Å². The summed E-state index contributed by atoms with van der Waals surface area (Å²) < 4.78 is 18.7. The summed E-state index contributed by atoms with van der Waals surface area (Å²) in [7, 11) is 0. The monoisotopic (exact) mass is 1100 g/mol. The van der Waals surface area contributed by atoms with Crippen molar-refractivity contribution >= 4 is 82.9 Å². The molecule has 0 spiro atoms. The first-order chi connectivity index (χ1) is 33.4. The van der Waals surface area contributed by atoms with Crippen molar-refractivity contribution in [1.82, 2.24) is 15.0 Å². The number of ether oxygens (including phenoxy) is 3. The fraction of sp³-hybridized carbons (Fsp3) is 0.200. The third kappa shape index (κ3) is 9.37. The summed E-state index contributed by atoms with van der Waals surface area (Å²) >= 11 is 0. The van der Waals surface area contributed by atoms with E-state index in [4.69, 9.17) is 14.2 Å². The molecule has 0 saturated carbocycles. The van der Waals surface area contributed by atoms with E-state index in [1.54, 1.807) is 36.8 Å². The number of carbonyl (C=O) groups is 3. The fourth-order valence-corrected chi connectivity index (χ4v) is 9.29.